The van der Waals surface area contributed by atoms with E-state index in [0.29, 0.717) is 12.0 Å². The Balaban J connectivity index is 1.85. The zero-order valence-electron chi connectivity index (χ0n) is 11.0. The first-order valence-electron chi connectivity index (χ1n) is 6.78. The van der Waals surface area contributed by atoms with Gasteiger partial charge in [0.2, 0.25) is 0 Å². The number of nitrogens with one attached hydrogen (secondary N) is 1. The van der Waals surface area contributed by atoms with Gasteiger partial charge in [0.1, 0.15) is 0 Å². The summed E-state index contributed by atoms with van der Waals surface area (Å²) in [4.78, 5) is 0. The molecule has 3 atom stereocenters. The Hall–Kier alpha value is -0.900. The highest BCUT2D eigenvalue weighted by molar-refractivity contribution is 5.16. The average molecular weight is 249 g/mol. The topological polar surface area (TPSA) is 41.5 Å². The summed E-state index contributed by atoms with van der Waals surface area (Å²) >= 11 is 0. The molecule has 0 amide bonds. The van der Waals surface area contributed by atoms with E-state index in [9.17, 15) is 5.11 Å². The molecule has 1 aliphatic heterocycles. The van der Waals surface area contributed by atoms with Crippen LogP contribution in [0.4, 0.5) is 0 Å². The van der Waals surface area contributed by atoms with Crippen LogP contribution in [-0.2, 0) is 11.2 Å². The van der Waals surface area contributed by atoms with Crippen LogP contribution in [0.25, 0.3) is 0 Å². The fourth-order valence-corrected chi connectivity index (χ4v) is 2.53. The number of aliphatic hydroxyl groups is 1. The predicted molar refractivity (Wildman–Crippen MR) is 72.5 cm³/mol. The molecule has 0 spiro atoms. The van der Waals surface area contributed by atoms with Gasteiger partial charge in [-0.05, 0) is 31.2 Å². The third-order valence-electron chi connectivity index (χ3n) is 3.72. The van der Waals surface area contributed by atoms with Gasteiger partial charge < -0.3 is 15.2 Å². The summed E-state index contributed by atoms with van der Waals surface area (Å²) in [7, 11) is 0. The molecule has 3 nitrogen and oxygen atoms in total. The Bertz CT molecular complexity index is 336. The molecule has 1 fully saturated rings. The lowest BCUT2D eigenvalue weighted by atomic mass is 9.98. The fraction of sp³-hybridized carbons (Fsp3) is 0.600. The molecule has 0 aliphatic carbocycles. The smallest absolute Gasteiger partial charge is 0.0587 e. The first-order valence-corrected chi connectivity index (χ1v) is 6.78. The van der Waals surface area contributed by atoms with Crippen LogP contribution >= 0.6 is 0 Å². The Morgan fingerprint density at radius 1 is 1.39 bits per heavy atom. The van der Waals surface area contributed by atoms with Crippen LogP contribution in [0.2, 0.25) is 0 Å². The van der Waals surface area contributed by atoms with Gasteiger partial charge in [0.05, 0.1) is 13.2 Å². The maximum absolute atomic E-state index is 9.49. The number of rotatable bonds is 6. The minimum atomic E-state index is 0.128. The normalized spacial score (nSPS) is 22.9. The highest BCUT2D eigenvalue weighted by atomic mass is 16.5. The van der Waals surface area contributed by atoms with Crippen LogP contribution < -0.4 is 5.32 Å². The Labute approximate surface area is 109 Å². The number of hydrogen-bond donors (Lipinski definition) is 2. The molecule has 0 bridgehead atoms. The molecular weight excluding hydrogens is 226 g/mol. The van der Waals surface area contributed by atoms with E-state index in [1.807, 2.05) is 18.2 Å². The van der Waals surface area contributed by atoms with Gasteiger partial charge in [0, 0.05) is 18.7 Å². The van der Waals surface area contributed by atoms with Crippen LogP contribution in [0.15, 0.2) is 30.3 Å². The second kappa shape index (κ2) is 6.88. The Morgan fingerprint density at radius 3 is 2.78 bits per heavy atom. The van der Waals surface area contributed by atoms with Crippen molar-refractivity contribution in [1.29, 1.82) is 0 Å². The molecular formula is C15H23NO2. The van der Waals surface area contributed by atoms with Crippen molar-refractivity contribution < 1.29 is 9.84 Å². The lowest BCUT2D eigenvalue weighted by molar-refractivity contribution is 0.170. The van der Waals surface area contributed by atoms with Gasteiger partial charge in [-0.15, -0.1) is 0 Å². The molecule has 0 aromatic heterocycles. The maximum atomic E-state index is 9.49. The van der Waals surface area contributed by atoms with Gasteiger partial charge in [-0.3, -0.25) is 0 Å². The van der Waals surface area contributed by atoms with Gasteiger partial charge in [-0.1, -0.05) is 30.3 Å². The van der Waals surface area contributed by atoms with Crippen LogP contribution in [0.3, 0.4) is 0 Å². The maximum Gasteiger partial charge on any atom is 0.0587 e. The van der Waals surface area contributed by atoms with Crippen LogP contribution in [0, 0.1) is 5.92 Å². The molecule has 2 unspecified atom stereocenters. The molecule has 3 heteroatoms. The lowest BCUT2D eigenvalue weighted by Gasteiger charge is -2.25. The molecule has 1 aliphatic rings. The summed E-state index contributed by atoms with van der Waals surface area (Å²) in [5.74, 6) is 0.579. The summed E-state index contributed by atoms with van der Waals surface area (Å²) in [5.41, 5.74) is 1.26. The minimum absolute atomic E-state index is 0.128. The van der Waals surface area contributed by atoms with Crippen molar-refractivity contribution in [1.82, 2.24) is 5.32 Å². The van der Waals surface area contributed by atoms with Crippen molar-refractivity contribution in [3.63, 3.8) is 0 Å². The van der Waals surface area contributed by atoms with Crippen molar-refractivity contribution in [3.8, 4) is 0 Å². The highest BCUT2D eigenvalue weighted by Gasteiger charge is 2.24. The molecule has 1 aromatic carbocycles. The van der Waals surface area contributed by atoms with E-state index in [0.717, 1.165) is 26.1 Å². The molecule has 1 heterocycles. The van der Waals surface area contributed by atoms with Gasteiger partial charge in [-0.2, -0.15) is 0 Å². The number of ether oxygens (including phenoxy) is 1. The first-order chi connectivity index (χ1) is 8.79. The van der Waals surface area contributed by atoms with E-state index < -0.39 is 0 Å². The molecule has 2 N–H and O–H groups in total. The first kappa shape index (κ1) is 13.5. The predicted octanol–water partition coefficient (Wildman–Crippen LogP) is 1.60. The minimum Gasteiger partial charge on any atom is -0.395 e. The van der Waals surface area contributed by atoms with Crippen molar-refractivity contribution in [2.75, 3.05) is 19.8 Å². The summed E-state index contributed by atoms with van der Waals surface area (Å²) in [6, 6.07) is 10.8. The van der Waals surface area contributed by atoms with Crippen molar-refractivity contribution in [3.05, 3.63) is 35.9 Å². The zero-order valence-corrected chi connectivity index (χ0v) is 11.0. The van der Waals surface area contributed by atoms with Crippen LogP contribution in [0.1, 0.15) is 18.9 Å². The molecule has 18 heavy (non-hydrogen) atoms. The SMILES string of the molecule is CC(N[C@H](CO)Cc1ccccc1)C1CCOC1. The van der Waals surface area contributed by atoms with E-state index in [1.165, 1.54) is 5.56 Å². The standard InChI is InChI=1S/C15H23NO2/c1-12(14-7-8-18-11-14)16-15(10-17)9-13-5-3-2-4-6-13/h2-6,12,14-17H,7-11H2,1H3/t12?,14?,15-/m0/s1. The molecule has 2 rings (SSSR count). The summed E-state index contributed by atoms with van der Waals surface area (Å²) in [6.45, 7) is 4.08. The van der Waals surface area contributed by atoms with Gasteiger partial charge in [-0.25, -0.2) is 0 Å². The summed E-state index contributed by atoms with van der Waals surface area (Å²) in [5, 5.41) is 13.0. The highest BCUT2D eigenvalue weighted by Crippen LogP contribution is 2.17. The van der Waals surface area contributed by atoms with E-state index in [2.05, 4.69) is 24.4 Å². The fourth-order valence-electron chi connectivity index (χ4n) is 2.53. The lowest BCUT2D eigenvalue weighted by Crippen LogP contribution is -2.44. The third kappa shape index (κ3) is 3.80. The van der Waals surface area contributed by atoms with Gasteiger partial charge >= 0.3 is 0 Å². The van der Waals surface area contributed by atoms with Gasteiger partial charge in [0.15, 0.2) is 0 Å². The molecule has 0 radical (unpaired) electrons. The largest absolute Gasteiger partial charge is 0.395 e. The summed E-state index contributed by atoms with van der Waals surface area (Å²) < 4.78 is 5.41. The van der Waals surface area contributed by atoms with Crippen LogP contribution in [-0.4, -0.2) is 37.0 Å². The zero-order chi connectivity index (χ0) is 12.8. The summed E-state index contributed by atoms with van der Waals surface area (Å²) in [6.07, 6.45) is 1.99. The van der Waals surface area contributed by atoms with E-state index in [-0.39, 0.29) is 12.6 Å². The monoisotopic (exact) mass is 249 g/mol. The molecule has 100 valence electrons. The van der Waals surface area contributed by atoms with Crippen LogP contribution in [0.5, 0.6) is 0 Å². The average Bonchev–Trinajstić information content (AvgIpc) is 2.93. The number of aliphatic hydroxyl groups excluding tert-OH is 1. The Kier molecular flexibility index (Phi) is 5.17. The Morgan fingerprint density at radius 2 is 2.17 bits per heavy atom. The second-order valence-corrected chi connectivity index (χ2v) is 5.15. The van der Waals surface area contributed by atoms with Crippen molar-refractivity contribution >= 4 is 0 Å². The molecule has 0 saturated carbocycles. The number of benzene rings is 1. The van der Waals surface area contributed by atoms with Gasteiger partial charge in [0.25, 0.3) is 0 Å². The quantitative estimate of drug-likeness (QED) is 0.804. The third-order valence-corrected chi connectivity index (χ3v) is 3.72. The van der Waals surface area contributed by atoms with E-state index >= 15 is 0 Å². The van der Waals surface area contributed by atoms with Crippen molar-refractivity contribution in [2.24, 2.45) is 5.92 Å². The van der Waals surface area contributed by atoms with E-state index in [4.69, 9.17) is 4.74 Å². The molecule has 1 saturated heterocycles. The number of hydrogen-bond acceptors (Lipinski definition) is 3. The molecule has 1 aromatic rings. The van der Waals surface area contributed by atoms with E-state index in [1.54, 1.807) is 0 Å². The van der Waals surface area contributed by atoms with Crippen molar-refractivity contribution in [2.45, 2.75) is 31.8 Å². The second-order valence-electron chi connectivity index (χ2n) is 5.15.